The lowest BCUT2D eigenvalue weighted by Gasteiger charge is -2.37. The lowest BCUT2D eigenvalue weighted by Crippen LogP contribution is -2.40. The van der Waals surface area contributed by atoms with Crippen molar-refractivity contribution in [1.82, 2.24) is 9.55 Å². The molecule has 0 unspecified atom stereocenters. The van der Waals surface area contributed by atoms with Crippen LogP contribution in [0, 0.1) is 0 Å². The van der Waals surface area contributed by atoms with Crippen LogP contribution in [0.15, 0.2) is 101 Å². The number of ether oxygens (including phenoxy) is 5. The SMILES string of the molecule is [2H][C@@]1(O)[C@@H](COC(c2ccccc2)(c2ccc(OC)cc2)c2ccc(OC)cc2)O[C@@H](n2ccc(=O)[nH]c2=O)[C@@H]1OC. The van der Waals surface area contributed by atoms with E-state index in [0.717, 1.165) is 27.3 Å². The van der Waals surface area contributed by atoms with Gasteiger partial charge in [-0.05, 0) is 41.0 Å². The van der Waals surface area contributed by atoms with Crippen molar-refractivity contribution in [2.45, 2.75) is 30.1 Å². The molecule has 1 aliphatic rings. The number of nitrogens with one attached hydrogen (secondary N) is 1. The summed E-state index contributed by atoms with van der Waals surface area (Å²) >= 11 is 0. The predicted molar refractivity (Wildman–Crippen MR) is 150 cm³/mol. The van der Waals surface area contributed by atoms with E-state index in [1.165, 1.54) is 13.3 Å². The second-order valence-corrected chi connectivity index (χ2v) is 9.43. The number of benzene rings is 3. The number of nitrogens with zero attached hydrogens (tertiary/aromatic N) is 1. The first-order valence-electron chi connectivity index (χ1n) is 13.4. The van der Waals surface area contributed by atoms with Crippen LogP contribution in [-0.2, 0) is 19.8 Å². The van der Waals surface area contributed by atoms with Gasteiger partial charge in [0.15, 0.2) is 6.23 Å². The molecule has 1 aliphatic heterocycles. The van der Waals surface area contributed by atoms with Crippen molar-refractivity contribution in [2.75, 3.05) is 27.9 Å². The number of aromatic amines is 1. The average molecular weight is 562 g/mol. The number of methoxy groups -OCH3 is 3. The van der Waals surface area contributed by atoms with Gasteiger partial charge in [0.05, 0.1) is 22.2 Å². The van der Waals surface area contributed by atoms with Crippen LogP contribution in [0.3, 0.4) is 0 Å². The lowest BCUT2D eigenvalue weighted by atomic mass is 9.80. The van der Waals surface area contributed by atoms with E-state index >= 15 is 0 Å². The summed E-state index contributed by atoms with van der Waals surface area (Å²) in [6, 6.07) is 25.6. The maximum Gasteiger partial charge on any atom is 0.330 e. The summed E-state index contributed by atoms with van der Waals surface area (Å²) in [6.07, 6.45) is -4.82. The molecule has 1 aromatic heterocycles. The lowest BCUT2D eigenvalue weighted by molar-refractivity contribution is -0.0967. The van der Waals surface area contributed by atoms with Gasteiger partial charge in [0.1, 0.15) is 35.4 Å². The van der Waals surface area contributed by atoms with E-state index in [1.807, 2.05) is 78.9 Å². The van der Waals surface area contributed by atoms with Crippen LogP contribution in [0.4, 0.5) is 0 Å². The van der Waals surface area contributed by atoms with Crippen LogP contribution in [0.2, 0.25) is 0 Å². The van der Waals surface area contributed by atoms with Crippen LogP contribution in [0.25, 0.3) is 0 Å². The van der Waals surface area contributed by atoms with Gasteiger partial charge in [0.25, 0.3) is 5.56 Å². The molecular weight excluding hydrogens is 528 g/mol. The first kappa shape index (κ1) is 27.0. The number of rotatable bonds is 10. The van der Waals surface area contributed by atoms with E-state index in [1.54, 1.807) is 14.2 Å². The minimum absolute atomic E-state index is 0.276. The summed E-state index contributed by atoms with van der Waals surface area (Å²) in [5.41, 5.74) is -0.290. The molecule has 2 N–H and O–H groups in total. The summed E-state index contributed by atoms with van der Waals surface area (Å²) in [5.74, 6) is 1.32. The van der Waals surface area contributed by atoms with E-state index < -0.39 is 41.4 Å². The number of aliphatic hydroxyl groups is 1. The molecule has 4 atom stereocenters. The molecule has 5 rings (SSSR count). The fourth-order valence-electron chi connectivity index (χ4n) is 5.11. The minimum Gasteiger partial charge on any atom is -0.497 e. The predicted octanol–water partition coefficient (Wildman–Crippen LogP) is 2.84. The molecule has 1 fully saturated rings. The van der Waals surface area contributed by atoms with Gasteiger partial charge in [-0.1, -0.05) is 54.6 Å². The quantitative estimate of drug-likeness (QED) is 0.284. The smallest absolute Gasteiger partial charge is 0.330 e. The van der Waals surface area contributed by atoms with Crippen molar-refractivity contribution in [3.63, 3.8) is 0 Å². The molecular formula is C31H32N2O8. The first-order valence-corrected chi connectivity index (χ1v) is 12.9. The number of aromatic nitrogens is 2. The molecule has 0 bridgehead atoms. The molecule has 10 nitrogen and oxygen atoms in total. The molecule has 1 saturated heterocycles. The summed E-state index contributed by atoms with van der Waals surface area (Å²) in [7, 11) is 4.48. The highest BCUT2D eigenvalue weighted by Gasteiger charge is 2.47. The fourth-order valence-corrected chi connectivity index (χ4v) is 5.11. The van der Waals surface area contributed by atoms with Crippen LogP contribution in [0.1, 0.15) is 24.3 Å². The van der Waals surface area contributed by atoms with Crippen molar-refractivity contribution >= 4 is 0 Å². The number of hydrogen-bond acceptors (Lipinski definition) is 8. The molecule has 2 heterocycles. The van der Waals surface area contributed by atoms with Crippen LogP contribution in [0.5, 0.6) is 11.5 Å². The first-order chi connectivity index (χ1) is 20.2. The van der Waals surface area contributed by atoms with E-state index in [4.69, 9.17) is 25.1 Å². The molecule has 4 aromatic rings. The van der Waals surface area contributed by atoms with Crippen molar-refractivity contribution in [1.29, 1.82) is 0 Å². The van der Waals surface area contributed by atoms with Crippen molar-refractivity contribution in [2.24, 2.45) is 0 Å². The Balaban J connectivity index is 1.60. The molecule has 41 heavy (non-hydrogen) atoms. The van der Waals surface area contributed by atoms with E-state index in [2.05, 4.69) is 4.98 Å². The van der Waals surface area contributed by atoms with E-state index in [0.29, 0.717) is 11.5 Å². The van der Waals surface area contributed by atoms with Crippen LogP contribution >= 0.6 is 0 Å². The molecule has 0 saturated carbocycles. The Morgan fingerprint density at radius 3 is 1.95 bits per heavy atom. The van der Waals surface area contributed by atoms with Crippen molar-refractivity contribution in [3.8, 4) is 11.5 Å². The average Bonchev–Trinajstić information content (AvgIpc) is 3.27. The highest BCUT2D eigenvalue weighted by Crippen LogP contribution is 2.43. The van der Waals surface area contributed by atoms with E-state index in [9.17, 15) is 14.7 Å². The van der Waals surface area contributed by atoms with Gasteiger partial charge < -0.3 is 28.8 Å². The molecule has 0 amide bonds. The van der Waals surface area contributed by atoms with Crippen molar-refractivity contribution < 1.29 is 30.2 Å². The third-order valence-corrected chi connectivity index (χ3v) is 7.19. The third kappa shape index (κ3) is 5.42. The zero-order valence-electron chi connectivity index (χ0n) is 23.9. The van der Waals surface area contributed by atoms with Gasteiger partial charge in [-0.3, -0.25) is 14.3 Å². The van der Waals surface area contributed by atoms with Gasteiger partial charge in [-0.25, -0.2) is 4.79 Å². The van der Waals surface area contributed by atoms with E-state index in [-0.39, 0.29) is 6.61 Å². The van der Waals surface area contributed by atoms with Gasteiger partial charge in [0.2, 0.25) is 0 Å². The largest absolute Gasteiger partial charge is 0.497 e. The Labute approximate surface area is 238 Å². The summed E-state index contributed by atoms with van der Waals surface area (Å²) in [6.45, 7) is -0.276. The third-order valence-electron chi connectivity index (χ3n) is 7.19. The Morgan fingerprint density at radius 1 is 0.878 bits per heavy atom. The van der Waals surface area contributed by atoms with Gasteiger partial charge in [0, 0.05) is 19.4 Å². The highest BCUT2D eigenvalue weighted by molar-refractivity contribution is 5.49. The van der Waals surface area contributed by atoms with Gasteiger partial charge in [-0.15, -0.1) is 0 Å². The molecule has 3 aromatic carbocycles. The molecule has 0 spiro atoms. The van der Waals surface area contributed by atoms with Crippen molar-refractivity contribution in [3.05, 3.63) is 129 Å². The maximum absolute atomic E-state index is 12.6. The summed E-state index contributed by atoms with van der Waals surface area (Å²) < 4.78 is 39.0. The Kier molecular flexibility index (Phi) is 7.97. The molecule has 0 aliphatic carbocycles. The summed E-state index contributed by atoms with van der Waals surface area (Å²) in [5, 5.41) is 11.4. The second-order valence-electron chi connectivity index (χ2n) is 9.43. The molecule has 10 heteroatoms. The zero-order chi connectivity index (χ0) is 29.9. The Bertz CT molecular complexity index is 1560. The Hall–Kier alpha value is -4.22. The fraction of sp³-hybridized carbons (Fsp3) is 0.290. The maximum atomic E-state index is 12.6. The molecule has 0 radical (unpaired) electrons. The highest BCUT2D eigenvalue weighted by atomic mass is 16.6. The zero-order valence-corrected chi connectivity index (χ0v) is 22.9. The standard InChI is InChI=1S/C31H32N2O8/c1-37-23-13-9-21(10-14-23)31(20-7-5-4-6-8-20,22-11-15-24(38-2)16-12-22)40-19-25-27(35)28(39-3)29(41-25)33-18-17-26(34)32-30(33)36/h4-18,25,27-29,35H,19H2,1-3H3,(H,32,34,36)/t25-,27-,28-,29-/m1/s1/i27D. The van der Waals surface area contributed by atoms with Gasteiger partial charge in [-0.2, -0.15) is 0 Å². The Morgan fingerprint density at radius 2 is 1.44 bits per heavy atom. The summed E-state index contributed by atoms with van der Waals surface area (Å²) in [4.78, 5) is 26.4. The topological polar surface area (TPSA) is 121 Å². The normalized spacial score (nSPS) is 22.7. The second kappa shape index (κ2) is 12.1. The van der Waals surface area contributed by atoms with Crippen LogP contribution in [-0.4, -0.2) is 60.9 Å². The minimum atomic E-state index is -2.32. The monoisotopic (exact) mass is 561 g/mol. The van der Waals surface area contributed by atoms with Gasteiger partial charge >= 0.3 is 5.69 Å². The number of H-pyrrole nitrogens is 1. The number of hydrogen-bond donors (Lipinski definition) is 2. The van der Waals surface area contributed by atoms with Crippen LogP contribution < -0.4 is 20.7 Å². The molecule has 214 valence electrons.